The molecule has 1 aliphatic rings. The molecule has 1 fully saturated rings. The van der Waals surface area contributed by atoms with Crippen LogP contribution in [-0.4, -0.2) is 29.9 Å². The van der Waals surface area contributed by atoms with E-state index in [0.717, 1.165) is 17.6 Å². The van der Waals surface area contributed by atoms with Crippen LogP contribution in [0.2, 0.25) is 0 Å². The van der Waals surface area contributed by atoms with Crippen molar-refractivity contribution in [1.29, 1.82) is 0 Å². The number of rotatable bonds is 5. The number of hydrogen-bond donors (Lipinski definition) is 1. The molecule has 5 heteroatoms. The predicted octanol–water partition coefficient (Wildman–Crippen LogP) is 3.46. The Hall–Kier alpha value is -0.580. The summed E-state index contributed by atoms with van der Waals surface area (Å²) in [6.45, 7) is 8.86. The lowest BCUT2D eigenvalue weighted by molar-refractivity contribution is -0.139. The summed E-state index contributed by atoms with van der Waals surface area (Å²) in [6, 6.07) is 8.42. The molecule has 1 saturated heterocycles. The molecule has 2 rings (SSSR count). The first-order valence-corrected chi connectivity index (χ1v) is 8.04. The van der Waals surface area contributed by atoms with E-state index < -0.39 is 0 Å². The fraction of sp³-hybridized carbons (Fsp3) is 0.562. The Morgan fingerprint density at radius 1 is 1.29 bits per heavy atom. The summed E-state index contributed by atoms with van der Waals surface area (Å²) in [5.74, 6) is 0.872. The first kappa shape index (κ1) is 18.5. The number of nitrogens with zero attached hydrogens (tertiary/aromatic N) is 1. The lowest BCUT2D eigenvalue weighted by atomic mass is 9.87. The number of carbonyl (C=O) groups is 1. The van der Waals surface area contributed by atoms with Crippen LogP contribution in [0.4, 0.5) is 0 Å². The Balaban J connectivity index is 0.00000220. The first-order valence-electron chi connectivity index (χ1n) is 7.24. The molecule has 0 saturated carbocycles. The standard InChI is InChI=1S/C16H23BrN2O.ClH/c1-11(2)19(10-13-4-6-15(17)7-5-13)16(20)12(3)14-8-18-9-14;/h4-7,11-12,14,18H,8-10H2,1-3H3;1H. The number of halogens is 2. The van der Waals surface area contributed by atoms with Gasteiger partial charge in [0.15, 0.2) is 0 Å². The van der Waals surface area contributed by atoms with Crippen LogP contribution in [0.5, 0.6) is 0 Å². The monoisotopic (exact) mass is 374 g/mol. The van der Waals surface area contributed by atoms with Gasteiger partial charge in [0.1, 0.15) is 0 Å². The third-order valence-corrected chi connectivity index (χ3v) is 4.61. The highest BCUT2D eigenvalue weighted by Gasteiger charge is 2.32. The van der Waals surface area contributed by atoms with Crippen LogP contribution in [0.15, 0.2) is 28.7 Å². The molecule has 1 aromatic carbocycles. The molecular weight excluding hydrogens is 352 g/mol. The second-order valence-electron chi connectivity index (χ2n) is 5.89. The van der Waals surface area contributed by atoms with Gasteiger partial charge in [0.05, 0.1) is 0 Å². The van der Waals surface area contributed by atoms with Crippen LogP contribution in [0.25, 0.3) is 0 Å². The molecule has 1 aliphatic heterocycles. The summed E-state index contributed by atoms with van der Waals surface area (Å²) < 4.78 is 1.07. The largest absolute Gasteiger partial charge is 0.336 e. The molecule has 0 spiro atoms. The van der Waals surface area contributed by atoms with Gasteiger partial charge < -0.3 is 10.2 Å². The Bertz CT molecular complexity index is 460. The fourth-order valence-corrected chi connectivity index (χ4v) is 2.69. The van der Waals surface area contributed by atoms with Crippen LogP contribution in [0, 0.1) is 11.8 Å². The van der Waals surface area contributed by atoms with Crippen molar-refractivity contribution in [3.63, 3.8) is 0 Å². The van der Waals surface area contributed by atoms with Crippen LogP contribution in [-0.2, 0) is 11.3 Å². The van der Waals surface area contributed by atoms with Gasteiger partial charge in [-0.3, -0.25) is 4.79 Å². The van der Waals surface area contributed by atoms with Crippen molar-refractivity contribution in [2.24, 2.45) is 11.8 Å². The average molecular weight is 376 g/mol. The van der Waals surface area contributed by atoms with Crippen LogP contribution in [0.1, 0.15) is 26.3 Å². The first-order chi connectivity index (χ1) is 9.49. The van der Waals surface area contributed by atoms with Crippen molar-refractivity contribution in [3.8, 4) is 0 Å². The summed E-state index contributed by atoms with van der Waals surface area (Å²) >= 11 is 3.44. The van der Waals surface area contributed by atoms with E-state index >= 15 is 0 Å². The van der Waals surface area contributed by atoms with Crippen molar-refractivity contribution in [1.82, 2.24) is 10.2 Å². The van der Waals surface area contributed by atoms with Gasteiger partial charge in [-0.15, -0.1) is 12.4 Å². The highest BCUT2D eigenvalue weighted by atomic mass is 79.9. The Morgan fingerprint density at radius 3 is 2.29 bits per heavy atom. The SMILES string of the molecule is CC(C(=O)N(Cc1ccc(Br)cc1)C(C)C)C1CNC1.Cl. The molecule has 3 nitrogen and oxygen atoms in total. The summed E-state index contributed by atoms with van der Waals surface area (Å²) in [5.41, 5.74) is 1.18. The summed E-state index contributed by atoms with van der Waals surface area (Å²) in [4.78, 5) is 14.7. The van der Waals surface area contributed by atoms with E-state index in [1.54, 1.807) is 0 Å². The van der Waals surface area contributed by atoms with Gasteiger partial charge in [-0.1, -0.05) is 35.0 Å². The molecule has 21 heavy (non-hydrogen) atoms. The van der Waals surface area contributed by atoms with E-state index in [1.165, 1.54) is 5.56 Å². The molecule has 1 amide bonds. The zero-order valence-corrected chi connectivity index (χ0v) is 15.2. The third-order valence-electron chi connectivity index (χ3n) is 4.08. The maximum Gasteiger partial charge on any atom is 0.226 e. The second-order valence-corrected chi connectivity index (χ2v) is 6.81. The molecule has 1 unspecified atom stereocenters. The average Bonchev–Trinajstić information content (AvgIpc) is 2.34. The Kier molecular flexibility index (Phi) is 7.17. The molecule has 1 heterocycles. The molecule has 0 bridgehead atoms. The van der Waals surface area contributed by atoms with Gasteiger partial charge in [0.25, 0.3) is 0 Å². The van der Waals surface area contributed by atoms with Crippen molar-refractivity contribution in [2.45, 2.75) is 33.4 Å². The van der Waals surface area contributed by atoms with Gasteiger partial charge in [-0.05, 0) is 50.6 Å². The summed E-state index contributed by atoms with van der Waals surface area (Å²) in [5, 5.41) is 3.25. The number of carbonyl (C=O) groups excluding carboxylic acids is 1. The van der Waals surface area contributed by atoms with Crippen molar-refractivity contribution >= 4 is 34.2 Å². The van der Waals surface area contributed by atoms with Gasteiger partial charge in [-0.25, -0.2) is 0 Å². The molecule has 1 aromatic rings. The van der Waals surface area contributed by atoms with Crippen molar-refractivity contribution in [3.05, 3.63) is 34.3 Å². The van der Waals surface area contributed by atoms with E-state index in [4.69, 9.17) is 0 Å². The van der Waals surface area contributed by atoms with Crippen LogP contribution >= 0.6 is 28.3 Å². The highest BCUT2D eigenvalue weighted by Crippen LogP contribution is 2.21. The minimum absolute atomic E-state index is 0. The molecular formula is C16H24BrClN2O. The van der Waals surface area contributed by atoms with E-state index in [-0.39, 0.29) is 30.3 Å². The smallest absolute Gasteiger partial charge is 0.226 e. The quantitative estimate of drug-likeness (QED) is 0.854. The predicted molar refractivity (Wildman–Crippen MR) is 92.6 cm³/mol. The fourth-order valence-electron chi connectivity index (χ4n) is 2.43. The number of nitrogens with one attached hydrogen (secondary N) is 1. The third kappa shape index (κ3) is 4.70. The maximum absolute atomic E-state index is 12.7. The molecule has 1 N–H and O–H groups in total. The summed E-state index contributed by atoms with van der Waals surface area (Å²) in [6.07, 6.45) is 0. The van der Waals surface area contributed by atoms with Gasteiger partial charge >= 0.3 is 0 Å². The van der Waals surface area contributed by atoms with E-state index in [2.05, 4.69) is 54.2 Å². The molecule has 0 radical (unpaired) electrons. The highest BCUT2D eigenvalue weighted by molar-refractivity contribution is 9.10. The second kappa shape index (κ2) is 8.16. The van der Waals surface area contributed by atoms with Crippen molar-refractivity contribution < 1.29 is 4.79 Å². The number of benzene rings is 1. The zero-order chi connectivity index (χ0) is 14.7. The molecule has 0 aliphatic carbocycles. The van der Waals surface area contributed by atoms with Gasteiger partial charge in [0, 0.05) is 23.0 Å². The number of amides is 1. The normalized spacial score (nSPS) is 16.0. The Labute approximate surface area is 142 Å². The topological polar surface area (TPSA) is 32.3 Å². The van der Waals surface area contributed by atoms with E-state index in [0.29, 0.717) is 12.5 Å². The Morgan fingerprint density at radius 2 is 1.86 bits per heavy atom. The van der Waals surface area contributed by atoms with Crippen LogP contribution < -0.4 is 5.32 Å². The minimum Gasteiger partial charge on any atom is -0.336 e. The van der Waals surface area contributed by atoms with E-state index in [1.807, 2.05) is 17.0 Å². The number of hydrogen-bond acceptors (Lipinski definition) is 2. The molecule has 118 valence electrons. The van der Waals surface area contributed by atoms with Crippen molar-refractivity contribution in [2.75, 3.05) is 13.1 Å². The molecule has 1 atom stereocenters. The van der Waals surface area contributed by atoms with Crippen LogP contribution in [0.3, 0.4) is 0 Å². The lowest BCUT2D eigenvalue weighted by Gasteiger charge is -2.36. The van der Waals surface area contributed by atoms with E-state index in [9.17, 15) is 4.79 Å². The maximum atomic E-state index is 12.7. The minimum atomic E-state index is 0. The molecule has 0 aromatic heterocycles. The van der Waals surface area contributed by atoms with Gasteiger partial charge in [-0.2, -0.15) is 0 Å². The summed E-state index contributed by atoms with van der Waals surface area (Å²) in [7, 11) is 0. The zero-order valence-electron chi connectivity index (χ0n) is 12.8. The van der Waals surface area contributed by atoms with Gasteiger partial charge in [0.2, 0.25) is 5.91 Å². The lowest BCUT2D eigenvalue weighted by Crippen LogP contribution is -2.51.